The molecule has 0 saturated carbocycles. The summed E-state index contributed by atoms with van der Waals surface area (Å²) in [5, 5.41) is 0. The minimum Gasteiger partial charge on any atom is -0.598 e. The molecule has 3 heteroatoms. The van der Waals surface area contributed by atoms with E-state index >= 15 is 0 Å². The van der Waals surface area contributed by atoms with E-state index in [4.69, 9.17) is 8.22 Å². The molecule has 11 heavy (non-hydrogen) atoms. The molecule has 0 aliphatic heterocycles. The van der Waals surface area contributed by atoms with E-state index in [1.807, 2.05) is 0 Å². The normalized spacial score (nSPS) is 27.0. The Labute approximate surface area is 81.5 Å². The summed E-state index contributed by atoms with van der Waals surface area (Å²) in [5.74, 6) is 0. The zero-order chi connectivity index (χ0) is 14.3. The van der Waals surface area contributed by atoms with E-state index in [-0.39, 0.29) is 0 Å². The maximum absolute atomic E-state index is 11.9. The van der Waals surface area contributed by atoms with Gasteiger partial charge in [0, 0.05) is 19.6 Å². The largest absolute Gasteiger partial charge is 0.598 e. The third-order valence-electron chi connectivity index (χ3n) is 0.853. The Morgan fingerprint density at radius 3 is 2.00 bits per heavy atom. The molecule has 1 unspecified atom stereocenters. The van der Waals surface area contributed by atoms with Crippen molar-refractivity contribution >= 4 is 11.4 Å². The van der Waals surface area contributed by atoms with Crippen molar-refractivity contribution in [2.45, 2.75) is 51.7 Å². The lowest BCUT2D eigenvalue weighted by Crippen LogP contribution is -2.48. The predicted octanol–water partition coefficient (Wildman–Crippen LogP) is 1.84. The lowest BCUT2D eigenvalue weighted by Gasteiger charge is -2.29. The predicted molar refractivity (Wildman–Crippen MR) is 50.8 cm³/mol. The Balaban J connectivity index is 5.27. The highest BCUT2D eigenvalue weighted by Crippen LogP contribution is 2.16. The summed E-state index contributed by atoms with van der Waals surface area (Å²) in [4.78, 5) is 0. The Bertz CT molecular complexity index is 255. The number of rotatable bonds is 1. The fourth-order valence-corrected chi connectivity index (χ4v) is 1.02. The van der Waals surface area contributed by atoms with Gasteiger partial charge in [0.1, 0.15) is 4.75 Å². The van der Waals surface area contributed by atoms with Gasteiger partial charge in [0.2, 0.25) is 0 Å². The summed E-state index contributed by atoms with van der Waals surface area (Å²) in [6.45, 7) is 0.398. The molecular formula is C8H19NOS. The summed E-state index contributed by atoms with van der Waals surface area (Å²) in [6.07, 6.45) is 0. The van der Waals surface area contributed by atoms with Gasteiger partial charge in [-0.25, -0.2) is 0 Å². The van der Waals surface area contributed by atoms with Crippen molar-refractivity contribution in [3.63, 3.8) is 0 Å². The number of hydrogen-bond acceptors (Lipinski definition) is 2. The van der Waals surface area contributed by atoms with Gasteiger partial charge in [0.05, 0.1) is 5.54 Å². The van der Waals surface area contributed by atoms with Crippen LogP contribution in [0.3, 0.4) is 0 Å². The second kappa shape index (κ2) is 3.33. The highest BCUT2D eigenvalue weighted by molar-refractivity contribution is 7.90. The molecule has 1 atom stereocenters. The van der Waals surface area contributed by atoms with Crippen molar-refractivity contribution in [3.05, 3.63) is 0 Å². The Morgan fingerprint density at radius 2 is 1.73 bits per heavy atom. The van der Waals surface area contributed by atoms with Crippen LogP contribution in [0.5, 0.6) is 0 Å². The minimum atomic E-state index is -2.78. The van der Waals surface area contributed by atoms with Crippen LogP contribution in [0.25, 0.3) is 0 Å². The maximum atomic E-state index is 11.9. The van der Waals surface area contributed by atoms with Gasteiger partial charge < -0.3 is 4.55 Å². The molecule has 0 aliphatic rings. The molecule has 0 amide bonds. The van der Waals surface area contributed by atoms with Crippen LogP contribution in [0, 0.1) is 0 Å². The molecule has 68 valence electrons. The fourth-order valence-electron chi connectivity index (χ4n) is 0.338. The minimum absolute atomic E-state index is 0.738. The second-order valence-corrected chi connectivity index (χ2v) is 5.57. The zero-order valence-electron chi connectivity index (χ0n) is 13.3. The molecule has 0 aromatic carbocycles. The van der Waals surface area contributed by atoms with E-state index in [2.05, 4.69) is 4.72 Å². The SMILES string of the molecule is [2H]C([2H])([2H])C(C)(N[S+]([O-])C(C)(C)C)C([2H])([2H])[2H]. The average molecular weight is 183 g/mol. The molecular weight excluding hydrogens is 158 g/mol. The van der Waals surface area contributed by atoms with Gasteiger partial charge in [0.15, 0.2) is 0 Å². The lowest BCUT2D eigenvalue weighted by molar-refractivity contribution is 0.473. The average Bonchev–Trinajstić information content (AvgIpc) is 1.97. The van der Waals surface area contributed by atoms with E-state index in [1.54, 1.807) is 20.8 Å². The smallest absolute Gasteiger partial charge is 0.136 e. The first kappa shape index (κ1) is 4.49. The van der Waals surface area contributed by atoms with Crippen molar-refractivity contribution in [2.24, 2.45) is 0 Å². The molecule has 2 nitrogen and oxygen atoms in total. The van der Waals surface area contributed by atoms with Gasteiger partial charge >= 0.3 is 0 Å². The highest BCUT2D eigenvalue weighted by atomic mass is 32.2. The second-order valence-electron chi connectivity index (χ2n) is 3.61. The summed E-state index contributed by atoms with van der Waals surface area (Å²) < 4.78 is 57.3. The summed E-state index contributed by atoms with van der Waals surface area (Å²) in [6, 6.07) is 0. The van der Waals surface area contributed by atoms with Gasteiger partial charge in [0.25, 0.3) is 0 Å². The Kier molecular flexibility index (Phi) is 1.36. The first-order valence-electron chi connectivity index (χ1n) is 6.32. The van der Waals surface area contributed by atoms with Crippen LogP contribution in [0.15, 0.2) is 0 Å². The molecule has 0 heterocycles. The van der Waals surface area contributed by atoms with Gasteiger partial charge in [-0.05, 0) is 41.4 Å². The third-order valence-corrected chi connectivity index (χ3v) is 2.56. The summed E-state index contributed by atoms with van der Waals surface area (Å²) in [7, 11) is 0. The molecule has 0 radical (unpaired) electrons. The van der Waals surface area contributed by atoms with Crippen LogP contribution < -0.4 is 4.72 Å². The topological polar surface area (TPSA) is 35.1 Å². The van der Waals surface area contributed by atoms with Crippen LogP contribution in [0.1, 0.15) is 49.6 Å². The zero-order valence-corrected chi connectivity index (χ0v) is 8.13. The van der Waals surface area contributed by atoms with Crippen LogP contribution in [-0.2, 0) is 11.4 Å². The highest BCUT2D eigenvalue weighted by Gasteiger charge is 2.30. The van der Waals surface area contributed by atoms with Crippen molar-refractivity contribution in [2.75, 3.05) is 0 Å². The third kappa shape index (κ3) is 5.53. The van der Waals surface area contributed by atoms with Gasteiger partial charge in [-0.3, -0.25) is 0 Å². The van der Waals surface area contributed by atoms with E-state index in [9.17, 15) is 4.55 Å². The first-order chi connectivity index (χ1) is 7.13. The quantitative estimate of drug-likeness (QED) is 0.630. The van der Waals surface area contributed by atoms with Crippen LogP contribution >= 0.6 is 0 Å². The molecule has 0 aromatic heterocycles. The molecule has 0 aliphatic carbocycles. The monoisotopic (exact) mass is 183 g/mol. The standard InChI is InChI=1S/C8H19NOS/c1-7(2,3)9-11(10)8(4,5)6/h9H,1-6H3/i1D3,2D3. The van der Waals surface area contributed by atoms with Crippen molar-refractivity contribution in [3.8, 4) is 0 Å². The Hall–Kier alpha value is 0.270. The molecule has 0 saturated heterocycles. The van der Waals surface area contributed by atoms with Gasteiger partial charge in [-0.2, -0.15) is 0 Å². The molecule has 0 rings (SSSR count). The number of hydrogen-bond donors (Lipinski definition) is 1. The summed E-state index contributed by atoms with van der Waals surface area (Å²) >= 11 is -1.77. The first-order valence-corrected chi connectivity index (χ1v) is 4.47. The fraction of sp³-hybridized carbons (Fsp3) is 1.00. The Morgan fingerprint density at radius 1 is 1.27 bits per heavy atom. The van der Waals surface area contributed by atoms with E-state index in [1.165, 1.54) is 0 Å². The summed E-state index contributed by atoms with van der Waals surface area (Å²) in [5.41, 5.74) is -2.20. The van der Waals surface area contributed by atoms with Crippen LogP contribution in [0.4, 0.5) is 0 Å². The molecule has 0 bridgehead atoms. The van der Waals surface area contributed by atoms with Crippen LogP contribution in [-0.4, -0.2) is 14.8 Å². The van der Waals surface area contributed by atoms with Crippen molar-refractivity contribution in [1.82, 2.24) is 4.72 Å². The lowest BCUT2D eigenvalue weighted by atomic mass is 10.1. The van der Waals surface area contributed by atoms with Crippen molar-refractivity contribution < 1.29 is 12.8 Å². The van der Waals surface area contributed by atoms with Gasteiger partial charge in [-0.15, -0.1) is 4.72 Å². The number of nitrogens with one attached hydrogen (secondary N) is 1. The van der Waals surface area contributed by atoms with E-state index in [0.717, 1.165) is 6.92 Å². The molecule has 0 aromatic rings. The van der Waals surface area contributed by atoms with Gasteiger partial charge in [-0.1, -0.05) is 0 Å². The van der Waals surface area contributed by atoms with Crippen LogP contribution in [0.2, 0.25) is 0 Å². The van der Waals surface area contributed by atoms with E-state index < -0.39 is 35.4 Å². The maximum Gasteiger partial charge on any atom is 0.136 e. The van der Waals surface area contributed by atoms with Crippen molar-refractivity contribution in [1.29, 1.82) is 0 Å². The molecule has 1 N–H and O–H groups in total. The molecule has 0 spiro atoms. The van der Waals surface area contributed by atoms with E-state index in [0.29, 0.717) is 0 Å². The molecule has 0 fully saturated rings.